The van der Waals surface area contributed by atoms with Crippen molar-refractivity contribution >= 4 is 63.2 Å². The number of imide groups is 2. The van der Waals surface area contributed by atoms with Gasteiger partial charge < -0.3 is 24.8 Å². The number of benzene rings is 2. The summed E-state index contributed by atoms with van der Waals surface area (Å²) in [7, 11) is 3.46. The van der Waals surface area contributed by atoms with E-state index in [2.05, 4.69) is 41.6 Å². The van der Waals surface area contributed by atoms with Gasteiger partial charge in [0, 0.05) is 116 Å². The van der Waals surface area contributed by atoms with Crippen molar-refractivity contribution in [3.63, 3.8) is 0 Å². The molecule has 0 bridgehead atoms. The second kappa shape index (κ2) is 19.8. The van der Waals surface area contributed by atoms with Crippen molar-refractivity contribution in [2.75, 3.05) is 88.3 Å². The summed E-state index contributed by atoms with van der Waals surface area (Å²) in [5.41, 5.74) is 4.22. The van der Waals surface area contributed by atoms with Gasteiger partial charge in [-0.05, 0) is 109 Å². The number of anilines is 2. The molecule has 2 atom stereocenters. The standard InChI is InChI=1S/C27H38N6O5.C22H30N6O3/c1-27(2,3)38-26(37)32-11-9-18(10-12-32)30-13-15-31(16-14-30)19-5-6-20-22(17-19)29(4)25(36)33(20)21-7-8-23(34)28-24(21)35;1-25-19-14-16(27-12-10-26(11-13-27)15-6-8-23-9-7-15)2-3-17(19)28(22(25)31)18-4-5-20(29)24-21(18)30/h5-6,17-18,21H,7-16H2,1-4H3,(H,28,34,35);2-3,14-15,18,23H,4-13H2,1H3,(H,24,29,30). The third kappa shape index (κ3) is 10.1. The normalized spacial score (nSPS) is 23.0. The van der Waals surface area contributed by atoms with Crippen LogP contribution in [0.25, 0.3) is 22.1 Å². The van der Waals surface area contributed by atoms with E-state index in [0.29, 0.717) is 43.5 Å². The highest BCUT2D eigenvalue weighted by molar-refractivity contribution is 6.01. The number of fused-ring (bicyclic) bond motifs is 2. The molecule has 6 aliphatic rings. The van der Waals surface area contributed by atoms with Crippen molar-refractivity contribution in [3.8, 4) is 0 Å². The van der Waals surface area contributed by atoms with E-state index in [1.807, 2.05) is 56.0 Å². The molecule has 0 radical (unpaired) electrons. The van der Waals surface area contributed by atoms with E-state index < -0.39 is 29.5 Å². The number of carbonyl (C=O) groups is 5. The average molecular weight is 953 g/mol. The maximum atomic E-state index is 13.1. The van der Waals surface area contributed by atoms with Crippen molar-refractivity contribution in [3.05, 3.63) is 57.4 Å². The first-order valence-corrected chi connectivity index (χ1v) is 24.8. The molecule has 3 N–H and O–H groups in total. The lowest BCUT2D eigenvalue weighted by molar-refractivity contribution is -0.137. The minimum atomic E-state index is -0.681. The van der Waals surface area contributed by atoms with Crippen LogP contribution >= 0.6 is 0 Å². The minimum Gasteiger partial charge on any atom is -0.444 e. The molecule has 10 rings (SSSR count). The molecule has 372 valence electrons. The van der Waals surface area contributed by atoms with Crippen molar-refractivity contribution in [2.24, 2.45) is 14.1 Å². The van der Waals surface area contributed by atoms with Crippen LogP contribution in [-0.4, -0.2) is 159 Å². The zero-order valence-electron chi connectivity index (χ0n) is 40.7. The molecule has 6 aliphatic heterocycles. The summed E-state index contributed by atoms with van der Waals surface area (Å²) in [5.74, 6) is -1.40. The number of piperidine rings is 4. The summed E-state index contributed by atoms with van der Waals surface area (Å²) in [6.45, 7) is 17.0. The van der Waals surface area contributed by atoms with Gasteiger partial charge in [-0.1, -0.05) is 0 Å². The summed E-state index contributed by atoms with van der Waals surface area (Å²) >= 11 is 0. The van der Waals surface area contributed by atoms with E-state index in [1.165, 1.54) is 22.0 Å². The van der Waals surface area contributed by atoms with Crippen molar-refractivity contribution in [1.82, 2.24) is 48.9 Å². The van der Waals surface area contributed by atoms with Gasteiger partial charge in [-0.15, -0.1) is 0 Å². The molecule has 6 fully saturated rings. The first kappa shape index (κ1) is 48.1. The first-order valence-electron chi connectivity index (χ1n) is 24.8. The van der Waals surface area contributed by atoms with E-state index in [1.54, 1.807) is 23.2 Å². The molecule has 0 aliphatic carbocycles. The lowest BCUT2D eigenvalue weighted by Gasteiger charge is -2.43. The van der Waals surface area contributed by atoms with Crippen LogP contribution in [0.4, 0.5) is 16.2 Å². The Morgan fingerprint density at radius 3 is 1.38 bits per heavy atom. The van der Waals surface area contributed by atoms with Crippen LogP contribution in [-0.2, 0) is 38.0 Å². The third-order valence-corrected chi connectivity index (χ3v) is 15.0. The summed E-state index contributed by atoms with van der Waals surface area (Å²) < 4.78 is 11.8. The summed E-state index contributed by atoms with van der Waals surface area (Å²) in [4.78, 5) is 98.0. The number of imidazole rings is 2. The second-order valence-corrected chi connectivity index (χ2v) is 20.4. The topological polar surface area (TPSA) is 201 Å². The smallest absolute Gasteiger partial charge is 0.410 e. The van der Waals surface area contributed by atoms with Crippen molar-refractivity contribution in [2.45, 2.75) is 102 Å². The third-order valence-electron chi connectivity index (χ3n) is 15.0. The molecule has 69 heavy (non-hydrogen) atoms. The van der Waals surface area contributed by atoms with Gasteiger partial charge in [-0.2, -0.15) is 0 Å². The number of likely N-dealkylation sites (tertiary alicyclic amines) is 1. The Morgan fingerprint density at radius 2 is 0.971 bits per heavy atom. The lowest BCUT2D eigenvalue weighted by atomic mass is 10.0. The molecule has 2 aromatic carbocycles. The molecule has 0 saturated carbocycles. The number of nitrogens with zero attached hydrogens (tertiary/aromatic N) is 9. The van der Waals surface area contributed by atoms with Crippen molar-refractivity contribution in [1.29, 1.82) is 0 Å². The molecular formula is C49H68N12O8. The summed E-state index contributed by atoms with van der Waals surface area (Å²) in [6, 6.07) is 11.8. The number of aryl methyl sites for hydroxylation is 2. The first-order chi connectivity index (χ1) is 33.0. The second-order valence-electron chi connectivity index (χ2n) is 20.4. The highest BCUT2D eigenvalue weighted by Crippen LogP contribution is 2.30. The van der Waals surface area contributed by atoms with Gasteiger partial charge in [0.2, 0.25) is 23.6 Å². The fraction of sp³-hybridized carbons (Fsp3) is 0.612. The van der Waals surface area contributed by atoms with E-state index in [4.69, 9.17) is 4.74 Å². The van der Waals surface area contributed by atoms with Gasteiger partial charge in [0.15, 0.2) is 0 Å². The van der Waals surface area contributed by atoms with Crippen LogP contribution in [0.15, 0.2) is 46.0 Å². The lowest BCUT2D eigenvalue weighted by Crippen LogP contribution is -2.54. The van der Waals surface area contributed by atoms with Gasteiger partial charge >= 0.3 is 17.5 Å². The number of rotatable bonds is 6. The molecule has 6 saturated heterocycles. The quantitative estimate of drug-likeness (QED) is 0.238. The van der Waals surface area contributed by atoms with Gasteiger partial charge in [-0.25, -0.2) is 14.4 Å². The predicted octanol–water partition coefficient (Wildman–Crippen LogP) is 2.03. The Hall–Kier alpha value is -5.99. The molecule has 8 heterocycles. The van der Waals surface area contributed by atoms with Crippen LogP contribution < -0.4 is 37.1 Å². The summed E-state index contributed by atoms with van der Waals surface area (Å²) in [5, 5.41) is 8.15. The number of hydrogen-bond acceptors (Lipinski definition) is 13. The largest absolute Gasteiger partial charge is 0.444 e. The van der Waals surface area contributed by atoms with Crippen LogP contribution in [0.3, 0.4) is 0 Å². The molecule has 4 aromatic rings. The maximum absolute atomic E-state index is 13.1. The summed E-state index contributed by atoms with van der Waals surface area (Å²) in [6.07, 6.45) is 5.26. The predicted molar refractivity (Wildman–Crippen MR) is 261 cm³/mol. The molecule has 2 aromatic heterocycles. The molecule has 20 heteroatoms. The molecule has 20 nitrogen and oxygen atoms in total. The van der Waals surface area contributed by atoms with Gasteiger partial charge in [0.1, 0.15) is 17.7 Å². The number of hydrogen-bond donors (Lipinski definition) is 3. The van der Waals surface area contributed by atoms with E-state index in [-0.39, 0.29) is 42.1 Å². The van der Waals surface area contributed by atoms with Crippen LogP contribution in [0.2, 0.25) is 0 Å². The molecule has 2 unspecified atom stereocenters. The van der Waals surface area contributed by atoms with Gasteiger partial charge in [0.25, 0.3) is 0 Å². The monoisotopic (exact) mass is 953 g/mol. The van der Waals surface area contributed by atoms with E-state index >= 15 is 0 Å². The van der Waals surface area contributed by atoms with Crippen LogP contribution in [0, 0.1) is 0 Å². The van der Waals surface area contributed by atoms with Crippen molar-refractivity contribution < 1.29 is 28.7 Å². The van der Waals surface area contributed by atoms with E-state index in [0.717, 1.165) is 106 Å². The number of nitrogens with one attached hydrogen (secondary N) is 3. The minimum absolute atomic E-state index is 0.224. The Balaban J connectivity index is 0.000000175. The SMILES string of the molecule is Cn1c(=O)n(C2CCC(=O)NC2=O)c2ccc(N3CCN(C4CCN(C(=O)OC(C)(C)C)CC4)CC3)cc21.Cn1c(=O)n(C2CCC(=O)NC2=O)c2ccc(N3CCN(C4CCNCC4)CC3)cc21. The Morgan fingerprint density at radius 1 is 0.551 bits per heavy atom. The fourth-order valence-electron chi connectivity index (χ4n) is 11.2. The highest BCUT2D eigenvalue weighted by atomic mass is 16.6. The Kier molecular flexibility index (Phi) is 13.8. The average Bonchev–Trinajstić information content (AvgIpc) is 3.74. The number of ether oxygens (including phenoxy) is 1. The van der Waals surface area contributed by atoms with E-state index in [9.17, 15) is 33.6 Å². The Labute approximate surface area is 401 Å². The molecule has 5 amide bonds. The fourth-order valence-corrected chi connectivity index (χ4v) is 11.2. The highest BCUT2D eigenvalue weighted by Gasteiger charge is 2.35. The zero-order valence-corrected chi connectivity index (χ0v) is 40.7. The Bertz CT molecular complexity index is 2720. The zero-order chi connectivity index (χ0) is 48.7. The van der Waals surface area contributed by atoms with Gasteiger partial charge in [-0.3, -0.25) is 57.9 Å². The molecule has 0 spiro atoms. The number of amides is 5. The van der Waals surface area contributed by atoms with Crippen LogP contribution in [0.5, 0.6) is 0 Å². The number of aromatic nitrogens is 4. The number of piperazine rings is 2. The maximum Gasteiger partial charge on any atom is 0.410 e. The molecular weight excluding hydrogens is 885 g/mol. The number of carbonyl (C=O) groups excluding carboxylic acids is 5. The van der Waals surface area contributed by atoms with Gasteiger partial charge in [0.05, 0.1) is 22.1 Å². The van der Waals surface area contributed by atoms with Crippen LogP contribution in [0.1, 0.15) is 84.2 Å².